The third-order valence-electron chi connectivity index (χ3n) is 6.67. The summed E-state index contributed by atoms with van der Waals surface area (Å²) in [5.41, 5.74) is 1.96. The van der Waals surface area contributed by atoms with Gasteiger partial charge in [-0.15, -0.1) is 0 Å². The Morgan fingerprint density at radius 1 is 1.02 bits per heavy atom. The number of ether oxygens (including phenoxy) is 2. The highest BCUT2D eigenvalue weighted by Crippen LogP contribution is 2.35. The number of imidazole rings is 1. The van der Waals surface area contributed by atoms with E-state index in [4.69, 9.17) is 9.47 Å². The van der Waals surface area contributed by atoms with Crippen molar-refractivity contribution in [3.63, 3.8) is 0 Å². The molecule has 1 unspecified atom stereocenters. The summed E-state index contributed by atoms with van der Waals surface area (Å²) in [5, 5.41) is 5.07. The Hall–Kier alpha value is -4.97. The minimum Gasteiger partial charge on any atom is -0.444 e. The molecule has 3 aromatic heterocycles. The number of carbonyl (C=O) groups is 1. The first-order valence-corrected chi connectivity index (χ1v) is 13.1. The van der Waals surface area contributed by atoms with Crippen LogP contribution < -0.4 is 10.6 Å². The van der Waals surface area contributed by atoms with E-state index in [0.717, 1.165) is 37.0 Å². The number of rotatable bonds is 7. The number of hydrogen-bond acceptors (Lipinski definition) is 8. The molecule has 2 N–H and O–H groups in total. The molecule has 0 radical (unpaired) electrons. The van der Waals surface area contributed by atoms with Crippen molar-refractivity contribution in [3.8, 4) is 11.3 Å². The molecule has 10 nitrogen and oxygen atoms in total. The minimum absolute atomic E-state index is 0.00603. The first-order valence-electron chi connectivity index (χ1n) is 13.1. The molecule has 0 saturated carbocycles. The average Bonchev–Trinajstić information content (AvgIpc) is 3.45. The summed E-state index contributed by atoms with van der Waals surface area (Å²) < 4.78 is 43.3. The molecule has 4 heterocycles. The van der Waals surface area contributed by atoms with Gasteiger partial charge in [0.2, 0.25) is 0 Å². The highest BCUT2D eigenvalue weighted by atomic mass is 19.1. The maximum atomic E-state index is 15.5. The normalized spacial score (nSPS) is 15.0. The smallest absolute Gasteiger partial charge is 0.412 e. The zero-order valence-electron chi connectivity index (χ0n) is 21.8. The topological polar surface area (TPSA) is 116 Å². The Kier molecular flexibility index (Phi) is 7.46. The Labute approximate surface area is 233 Å². The molecule has 1 amide bonds. The molecular formula is C29H25F2N7O3. The van der Waals surface area contributed by atoms with E-state index in [0.29, 0.717) is 29.0 Å². The van der Waals surface area contributed by atoms with Crippen molar-refractivity contribution < 1.29 is 23.0 Å². The van der Waals surface area contributed by atoms with Gasteiger partial charge >= 0.3 is 6.09 Å². The van der Waals surface area contributed by atoms with Gasteiger partial charge in [-0.1, -0.05) is 30.3 Å². The van der Waals surface area contributed by atoms with Gasteiger partial charge in [-0.2, -0.15) is 0 Å². The number of amides is 1. The first kappa shape index (κ1) is 26.3. The fourth-order valence-electron chi connectivity index (χ4n) is 4.65. The zero-order valence-corrected chi connectivity index (χ0v) is 21.8. The quantitative estimate of drug-likeness (QED) is 0.238. The van der Waals surface area contributed by atoms with Gasteiger partial charge in [-0.25, -0.2) is 33.5 Å². The van der Waals surface area contributed by atoms with Crippen LogP contribution in [0, 0.1) is 11.6 Å². The fourth-order valence-corrected chi connectivity index (χ4v) is 4.65. The van der Waals surface area contributed by atoms with Gasteiger partial charge in [0.05, 0.1) is 12.0 Å². The second-order valence-corrected chi connectivity index (χ2v) is 9.36. The lowest BCUT2D eigenvalue weighted by Crippen LogP contribution is -2.17. The third-order valence-corrected chi connectivity index (χ3v) is 6.67. The fraction of sp³-hybridized carbons (Fsp3) is 0.207. The van der Waals surface area contributed by atoms with Crippen LogP contribution in [0.5, 0.6) is 0 Å². The average molecular weight is 558 g/mol. The van der Waals surface area contributed by atoms with Crippen molar-refractivity contribution in [1.29, 1.82) is 0 Å². The number of benzene rings is 2. The van der Waals surface area contributed by atoms with Crippen LogP contribution in [0.25, 0.3) is 22.4 Å². The number of halogens is 2. The molecule has 1 fully saturated rings. The Bertz CT molecular complexity index is 1690. The second kappa shape index (κ2) is 11.6. The summed E-state index contributed by atoms with van der Waals surface area (Å²) in [6.07, 6.45) is 6.37. The molecular weight excluding hydrogens is 532 g/mol. The molecule has 1 atom stereocenters. The maximum Gasteiger partial charge on any atom is 0.412 e. The predicted octanol–water partition coefficient (Wildman–Crippen LogP) is 6.36. The van der Waals surface area contributed by atoms with Crippen molar-refractivity contribution in [2.75, 3.05) is 17.2 Å². The molecule has 12 heteroatoms. The van der Waals surface area contributed by atoms with Crippen LogP contribution in [0.15, 0.2) is 73.4 Å². The van der Waals surface area contributed by atoms with Gasteiger partial charge in [-0.05, 0) is 49.1 Å². The molecule has 2 aromatic carbocycles. The molecule has 0 aliphatic carbocycles. The van der Waals surface area contributed by atoms with E-state index >= 15 is 4.39 Å². The standard InChI is InChI=1S/C29H25F2N7O3/c30-20-11-12-21(36-29(39)41-15-18-7-2-1-3-8-18)23(31)25(20)37-27-19(9-6-13-32-27)24-26-28(34-16-33-24)38(17-35-26)22-10-4-5-14-40-22/h1-3,6-9,11-13,16-17,22H,4-5,10,14-15H2,(H,32,37)(H,36,39). The van der Waals surface area contributed by atoms with Crippen molar-refractivity contribution in [3.05, 3.63) is 90.6 Å². The lowest BCUT2D eigenvalue weighted by molar-refractivity contribution is -0.0298. The summed E-state index contributed by atoms with van der Waals surface area (Å²) >= 11 is 0. The molecule has 1 aliphatic heterocycles. The highest BCUT2D eigenvalue weighted by molar-refractivity contribution is 5.92. The van der Waals surface area contributed by atoms with Crippen LogP contribution in [0.2, 0.25) is 0 Å². The molecule has 5 aromatic rings. The first-order chi connectivity index (χ1) is 20.1. The summed E-state index contributed by atoms with van der Waals surface area (Å²) in [6, 6.07) is 14.6. The van der Waals surface area contributed by atoms with Gasteiger partial charge in [0, 0.05) is 18.4 Å². The lowest BCUT2D eigenvalue weighted by atomic mass is 10.1. The third kappa shape index (κ3) is 5.54. The summed E-state index contributed by atoms with van der Waals surface area (Å²) in [7, 11) is 0. The number of nitrogens with zero attached hydrogens (tertiary/aromatic N) is 5. The van der Waals surface area contributed by atoms with Gasteiger partial charge in [-0.3, -0.25) is 9.88 Å². The summed E-state index contributed by atoms with van der Waals surface area (Å²) in [5.74, 6) is -1.77. The predicted molar refractivity (Wildman–Crippen MR) is 147 cm³/mol. The molecule has 1 aliphatic rings. The lowest BCUT2D eigenvalue weighted by Gasteiger charge is -2.23. The number of fused-ring (bicyclic) bond motifs is 1. The Morgan fingerprint density at radius 2 is 1.90 bits per heavy atom. The van der Waals surface area contributed by atoms with Gasteiger partial charge in [0.15, 0.2) is 11.5 Å². The molecule has 1 saturated heterocycles. The zero-order chi connectivity index (χ0) is 28.2. The second-order valence-electron chi connectivity index (χ2n) is 9.36. The Balaban J connectivity index is 1.27. The van der Waals surface area contributed by atoms with E-state index in [9.17, 15) is 9.18 Å². The number of nitrogens with one attached hydrogen (secondary N) is 2. The summed E-state index contributed by atoms with van der Waals surface area (Å²) in [6.45, 7) is 0.655. The largest absolute Gasteiger partial charge is 0.444 e. The van der Waals surface area contributed by atoms with Crippen molar-refractivity contribution in [1.82, 2.24) is 24.5 Å². The van der Waals surface area contributed by atoms with Gasteiger partial charge < -0.3 is 14.8 Å². The molecule has 0 spiro atoms. The Morgan fingerprint density at radius 3 is 2.73 bits per heavy atom. The number of aromatic nitrogens is 5. The van der Waals surface area contributed by atoms with E-state index in [-0.39, 0.29) is 24.3 Å². The molecule has 208 valence electrons. The molecule has 0 bridgehead atoms. The SMILES string of the molecule is O=C(Nc1ccc(F)c(Nc2ncccc2-c2ncnc3c2ncn3C2CCCCO2)c1F)OCc1ccccc1. The van der Waals surface area contributed by atoms with E-state index < -0.39 is 23.4 Å². The van der Waals surface area contributed by atoms with Crippen LogP contribution >= 0.6 is 0 Å². The monoisotopic (exact) mass is 557 g/mol. The highest BCUT2D eigenvalue weighted by Gasteiger charge is 2.23. The number of pyridine rings is 1. The van der Waals surface area contributed by atoms with Crippen molar-refractivity contribution in [2.24, 2.45) is 0 Å². The van der Waals surface area contributed by atoms with E-state index in [1.165, 1.54) is 12.5 Å². The number of hydrogen-bond donors (Lipinski definition) is 2. The van der Waals surface area contributed by atoms with E-state index in [1.807, 2.05) is 22.8 Å². The van der Waals surface area contributed by atoms with Crippen LogP contribution in [-0.2, 0) is 16.1 Å². The van der Waals surface area contributed by atoms with Gasteiger partial charge in [0.25, 0.3) is 0 Å². The maximum absolute atomic E-state index is 15.5. The van der Waals surface area contributed by atoms with E-state index in [1.54, 1.807) is 30.6 Å². The number of anilines is 3. The number of carbonyl (C=O) groups excluding carboxylic acids is 1. The van der Waals surface area contributed by atoms with Crippen LogP contribution in [0.3, 0.4) is 0 Å². The van der Waals surface area contributed by atoms with Crippen LogP contribution in [0.4, 0.5) is 30.8 Å². The van der Waals surface area contributed by atoms with Crippen molar-refractivity contribution in [2.45, 2.75) is 32.1 Å². The molecule has 41 heavy (non-hydrogen) atoms. The van der Waals surface area contributed by atoms with Crippen LogP contribution in [0.1, 0.15) is 31.1 Å². The molecule has 6 rings (SSSR count). The van der Waals surface area contributed by atoms with Crippen LogP contribution in [-0.4, -0.2) is 37.2 Å². The van der Waals surface area contributed by atoms with Gasteiger partial charge in [0.1, 0.15) is 47.7 Å². The van der Waals surface area contributed by atoms with Crippen molar-refractivity contribution >= 4 is 34.4 Å². The summed E-state index contributed by atoms with van der Waals surface area (Å²) in [4.78, 5) is 30.0. The minimum atomic E-state index is -1.02. The van der Waals surface area contributed by atoms with E-state index in [2.05, 4.69) is 30.6 Å².